The molecule has 0 radical (unpaired) electrons. The van der Waals surface area contributed by atoms with Crippen molar-refractivity contribution < 1.29 is 39.6 Å². The summed E-state index contributed by atoms with van der Waals surface area (Å²) in [7, 11) is 0. The summed E-state index contributed by atoms with van der Waals surface area (Å²) in [4.78, 5) is 47.3. The summed E-state index contributed by atoms with van der Waals surface area (Å²) in [5, 5.41) is 42.8. The van der Waals surface area contributed by atoms with Crippen molar-refractivity contribution in [2.45, 2.75) is 0 Å². The maximum absolute atomic E-state index is 12.5. The van der Waals surface area contributed by atoms with Crippen LogP contribution in [0.1, 0.15) is 41.4 Å². The fourth-order valence-electron chi connectivity index (χ4n) is 3.60. The SMILES string of the molecule is O=C(Nc1ccc(-c2ccc(NC(=O)c3ccc(O)c(C(=O)O)c3)cc2)cc1)c1ccc(O)c(C(=O)O)c1. The highest BCUT2D eigenvalue weighted by molar-refractivity contribution is 6.07. The van der Waals surface area contributed by atoms with E-state index >= 15 is 0 Å². The highest BCUT2D eigenvalue weighted by atomic mass is 16.4. The summed E-state index contributed by atoms with van der Waals surface area (Å²) >= 11 is 0. The molecule has 0 bridgehead atoms. The molecule has 0 saturated heterocycles. The first kappa shape index (κ1) is 25.5. The van der Waals surface area contributed by atoms with Gasteiger partial charge < -0.3 is 31.1 Å². The number of amides is 2. The first-order chi connectivity index (χ1) is 18.1. The van der Waals surface area contributed by atoms with E-state index in [9.17, 15) is 29.4 Å². The number of nitrogens with one attached hydrogen (secondary N) is 2. The summed E-state index contributed by atoms with van der Waals surface area (Å²) in [6.07, 6.45) is 0. The van der Waals surface area contributed by atoms with Gasteiger partial charge in [-0.05, 0) is 71.8 Å². The number of hydrogen-bond donors (Lipinski definition) is 6. The van der Waals surface area contributed by atoms with E-state index in [4.69, 9.17) is 10.2 Å². The number of carboxylic acids is 2. The fraction of sp³-hybridized carbons (Fsp3) is 0. The third-order valence-corrected chi connectivity index (χ3v) is 5.60. The molecule has 0 atom stereocenters. The van der Waals surface area contributed by atoms with Crippen molar-refractivity contribution in [3.05, 3.63) is 107 Å². The Morgan fingerprint density at radius 3 is 1.16 bits per heavy atom. The molecule has 0 aliphatic heterocycles. The summed E-state index contributed by atoms with van der Waals surface area (Å²) in [6.45, 7) is 0. The van der Waals surface area contributed by atoms with E-state index in [1.54, 1.807) is 48.5 Å². The molecule has 2 amide bonds. The van der Waals surface area contributed by atoms with Gasteiger partial charge in [0.25, 0.3) is 11.8 Å². The van der Waals surface area contributed by atoms with E-state index < -0.39 is 35.3 Å². The van der Waals surface area contributed by atoms with Crippen molar-refractivity contribution in [1.82, 2.24) is 0 Å². The second-order valence-electron chi connectivity index (χ2n) is 8.14. The van der Waals surface area contributed by atoms with Crippen LogP contribution in [-0.4, -0.2) is 44.2 Å². The van der Waals surface area contributed by atoms with Gasteiger partial charge in [0.2, 0.25) is 0 Å². The number of hydrogen-bond acceptors (Lipinski definition) is 6. The Bertz CT molecular complexity index is 1440. The summed E-state index contributed by atoms with van der Waals surface area (Å²) in [5.41, 5.74) is 2.00. The Hall–Kier alpha value is -5.64. The van der Waals surface area contributed by atoms with Gasteiger partial charge in [0.05, 0.1) is 0 Å². The monoisotopic (exact) mass is 512 g/mol. The van der Waals surface area contributed by atoms with Crippen LogP contribution in [0.3, 0.4) is 0 Å². The number of aromatic carboxylic acids is 2. The summed E-state index contributed by atoms with van der Waals surface area (Å²) in [6, 6.07) is 20.9. The number of carbonyl (C=O) groups excluding carboxylic acids is 2. The Morgan fingerprint density at radius 1 is 0.500 bits per heavy atom. The first-order valence-electron chi connectivity index (χ1n) is 11.1. The van der Waals surface area contributed by atoms with Crippen LogP contribution in [0.5, 0.6) is 11.5 Å². The Kier molecular flexibility index (Phi) is 7.06. The molecule has 4 aromatic carbocycles. The predicted molar refractivity (Wildman–Crippen MR) is 138 cm³/mol. The molecule has 0 aromatic heterocycles. The lowest BCUT2D eigenvalue weighted by Crippen LogP contribution is -2.13. The second-order valence-corrected chi connectivity index (χ2v) is 8.14. The predicted octanol–water partition coefficient (Wildman–Crippen LogP) is 4.67. The van der Waals surface area contributed by atoms with E-state index in [0.717, 1.165) is 35.4 Å². The maximum Gasteiger partial charge on any atom is 0.339 e. The molecule has 4 aromatic rings. The molecule has 0 aliphatic rings. The fourth-order valence-corrected chi connectivity index (χ4v) is 3.60. The highest BCUT2D eigenvalue weighted by Gasteiger charge is 2.15. The van der Waals surface area contributed by atoms with Crippen LogP contribution in [-0.2, 0) is 0 Å². The van der Waals surface area contributed by atoms with Gasteiger partial charge in [-0.2, -0.15) is 0 Å². The number of carboxylic acid groups (broad SMARTS) is 2. The molecule has 6 N–H and O–H groups in total. The minimum atomic E-state index is -1.35. The standard InChI is InChI=1S/C28H20N2O8/c31-23-11-5-17(13-21(23)27(35)36)25(33)29-19-7-1-15(2-8-19)16-3-9-20(10-4-16)30-26(34)18-6-12-24(32)22(14-18)28(37)38/h1-14,31-32H,(H,29,33)(H,30,34)(H,35,36)(H,37,38). The largest absolute Gasteiger partial charge is 0.507 e. The number of aromatic hydroxyl groups is 2. The minimum Gasteiger partial charge on any atom is -0.507 e. The second kappa shape index (κ2) is 10.5. The lowest BCUT2D eigenvalue weighted by atomic mass is 10.0. The zero-order valence-electron chi connectivity index (χ0n) is 19.5. The van der Waals surface area contributed by atoms with Crippen molar-refractivity contribution in [3.8, 4) is 22.6 Å². The molecular formula is C28H20N2O8. The van der Waals surface area contributed by atoms with Crippen molar-refractivity contribution in [1.29, 1.82) is 0 Å². The number of rotatable bonds is 7. The highest BCUT2D eigenvalue weighted by Crippen LogP contribution is 2.25. The average molecular weight is 512 g/mol. The molecule has 10 heteroatoms. The molecule has 0 aliphatic carbocycles. The number of benzene rings is 4. The van der Waals surface area contributed by atoms with Gasteiger partial charge in [-0.1, -0.05) is 24.3 Å². The molecule has 0 heterocycles. The zero-order valence-corrected chi connectivity index (χ0v) is 19.5. The molecule has 0 saturated carbocycles. The topological polar surface area (TPSA) is 173 Å². The lowest BCUT2D eigenvalue weighted by Gasteiger charge is -2.10. The van der Waals surface area contributed by atoms with Crippen LogP contribution in [0.4, 0.5) is 11.4 Å². The van der Waals surface area contributed by atoms with Crippen molar-refractivity contribution >= 4 is 35.1 Å². The summed E-state index contributed by atoms with van der Waals surface area (Å²) < 4.78 is 0. The zero-order chi connectivity index (χ0) is 27.4. The first-order valence-corrected chi connectivity index (χ1v) is 11.1. The van der Waals surface area contributed by atoms with Gasteiger partial charge in [0.15, 0.2) is 0 Å². The number of anilines is 2. The lowest BCUT2D eigenvalue weighted by molar-refractivity contribution is 0.0682. The molecule has 0 fully saturated rings. The van der Waals surface area contributed by atoms with Crippen molar-refractivity contribution in [3.63, 3.8) is 0 Å². The molecule has 0 spiro atoms. The van der Waals surface area contributed by atoms with Crippen LogP contribution in [0.25, 0.3) is 11.1 Å². The normalized spacial score (nSPS) is 10.4. The minimum absolute atomic E-state index is 0.0772. The van der Waals surface area contributed by atoms with Gasteiger partial charge >= 0.3 is 11.9 Å². The van der Waals surface area contributed by atoms with Crippen LogP contribution in [0.15, 0.2) is 84.9 Å². The van der Waals surface area contributed by atoms with Crippen molar-refractivity contribution in [2.24, 2.45) is 0 Å². The molecule has 38 heavy (non-hydrogen) atoms. The molecule has 4 rings (SSSR count). The van der Waals surface area contributed by atoms with E-state index in [1.807, 2.05) is 0 Å². The summed E-state index contributed by atoms with van der Waals surface area (Å²) in [5.74, 6) is -4.64. The van der Waals surface area contributed by atoms with E-state index in [1.165, 1.54) is 12.1 Å². The van der Waals surface area contributed by atoms with Gasteiger partial charge in [-0.3, -0.25) is 9.59 Å². The van der Waals surface area contributed by atoms with Crippen LogP contribution >= 0.6 is 0 Å². The van der Waals surface area contributed by atoms with E-state index in [2.05, 4.69) is 10.6 Å². The maximum atomic E-state index is 12.5. The Morgan fingerprint density at radius 2 is 0.842 bits per heavy atom. The number of phenols is 2. The van der Waals surface area contributed by atoms with Gasteiger partial charge in [0, 0.05) is 22.5 Å². The van der Waals surface area contributed by atoms with Crippen LogP contribution in [0.2, 0.25) is 0 Å². The van der Waals surface area contributed by atoms with E-state index in [-0.39, 0.29) is 22.3 Å². The van der Waals surface area contributed by atoms with Crippen LogP contribution in [0, 0.1) is 0 Å². The quantitative estimate of drug-likeness (QED) is 0.207. The van der Waals surface area contributed by atoms with Gasteiger partial charge in [-0.15, -0.1) is 0 Å². The number of carbonyl (C=O) groups is 4. The molecule has 10 nitrogen and oxygen atoms in total. The molecular weight excluding hydrogens is 492 g/mol. The average Bonchev–Trinajstić information content (AvgIpc) is 2.89. The van der Waals surface area contributed by atoms with Gasteiger partial charge in [-0.25, -0.2) is 9.59 Å². The third-order valence-electron chi connectivity index (χ3n) is 5.60. The molecule has 190 valence electrons. The molecule has 0 unspecified atom stereocenters. The van der Waals surface area contributed by atoms with E-state index in [0.29, 0.717) is 11.4 Å². The Labute approximate surface area is 215 Å². The Balaban J connectivity index is 1.42. The van der Waals surface area contributed by atoms with Crippen LogP contribution < -0.4 is 10.6 Å². The third kappa shape index (κ3) is 5.60. The smallest absolute Gasteiger partial charge is 0.339 e. The van der Waals surface area contributed by atoms with Crippen molar-refractivity contribution in [2.75, 3.05) is 10.6 Å². The van der Waals surface area contributed by atoms with Gasteiger partial charge in [0.1, 0.15) is 22.6 Å².